The minimum absolute atomic E-state index is 0.0455. The van der Waals surface area contributed by atoms with Crippen LogP contribution >= 0.6 is 11.8 Å². The summed E-state index contributed by atoms with van der Waals surface area (Å²) >= 11 is 1.54. The Hall–Kier alpha value is -1.89. The molecule has 1 fully saturated rings. The third-order valence-electron chi connectivity index (χ3n) is 3.27. The van der Waals surface area contributed by atoms with Gasteiger partial charge in [0.05, 0.1) is 13.0 Å². The minimum atomic E-state index is -0.344. The first-order valence-corrected chi connectivity index (χ1v) is 8.15. The standard InChI is InChI=1S/C15H19NO5S/c1-2-21-14(20)3-5-16-13(19)4-6-22-15(16)10-7-11(17)9-12(18)8-10/h7-9,15,17-18H,2-6H2,1H3. The number of hydrogen-bond donors (Lipinski definition) is 2. The Morgan fingerprint density at radius 2 is 2.05 bits per heavy atom. The number of carbonyl (C=O) groups excluding carboxylic acids is 2. The number of nitrogens with zero attached hydrogens (tertiary/aromatic N) is 1. The van der Waals surface area contributed by atoms with Crippen molar-refractivity contribution in [2.75, 3.05) is 18.9 Å². The molecule has 120 valence electrons. The van der Waals surface area contributed by atoms with Crippen molar-refractivity contribution < 1.29 is 24.5 Å². The van der Waals surface area contributed by atoms with Crippen LogP contribution in [0.25, 0.3) is 0 Å². The maximum atomic E-state index is 12.2. The van der Waals surface area contributed by atoms with E-state index in [4.69, 9.17) is 4.74 Å². The fourth-order valence-electron chi connectivity index (χ4n) is 2.35. The van der Waals surface area contributed by atoms with Crippen molar-refractivity contribution in [3.63, 3.8) is 0 Å². The number of rotatable bonds is 5. The van der Waals surface area contributed by atoms with Gasteiger partial charge in [-0.05, 0) is 24.6 Å². The average molecular weight is 325 g/mol. The van der Waals surface area contributed by atoms with Gasteiger partial charge in [-0.25, -0.2) is 0 Å². The number of thioether (sulfide) groups is 1. The lowest BCUT2D eigenvalue weighted by Gasteiger charge is -2.35. The number of ether oxygens (including phenoxy) is 1. The monoisotopic (exact) mass is 325 g/mol. The molecule has 1 amide bonds. The molecule has 2 N–H and O–H groups in total. The fourth-order valence-corrected chi connectivity index (χ4v) is 3.59. The average Bonchev–Trinajstić information content (AvgIpc) is 2.45. The number of esters is 1. The lowest BCUT2D eigenvalue weighted by Crippen LogP contribution is -2.38. The van der Waals surface area contributed by atoms with Crippen LogP contribution in [0, 0.1) is 0 Å². The van der Waals surface area contributed by atoms with Crippen LogP contribution in [0.15, 0.2) is 18.2 Å². The van der Waals surface area contributed by atoms with Gasteiger partial charge in [0, 0.05) is 24.8 Å². The summed E-state index contributed by atoms with van der Waals surface area (Å²) in [5.74, 6) is 0.160. The molecular weight excluding hydrogens is 306 g/mol. The van der Waals surface area contributed by atoms with Gasteiger partial charge in [0.15, 0.2) is 0 Å². The van der Waals surface area contributed by atoms with Crippen molar-refractivity contribution in [2.45, 2.75) is 25.1 Å². The van der Waals surface area contributed by atoms with Gasteiger partial charge in [-0.3, -0.25) is 9.59 Å². The Balaban J connectivity index is 2.15. The number of phenolic OH excluding ortho intramolecular Hbond substituents is 2. The first-order valence-electron chi connectivity index (χ1n) is 7.11. The third kappa shape index (κ3) is 4.07. The molecule has 0 radical (unpaired) electrons. The topological polar surface area (TPSA) is 87.1 Å². The van der Waals surface area contributed by atoms with Crippen LogP contribution in [0.5, 0.6) is 11.5 Å². The van der Waals surface area contributed by atoms with E-state index in [9.17, 15) is 19.8 Å². The number of carbonyl (C=O) groups is 2. The van der Waals surface area contributed by atoms with Gasteiger partial charge < -0.3 is 19.8 Å². The molecule has 22 heavy (non-hydrogen) atoms. The van der Waals surface area contributed by atoms with E-state index in [1.54, 1.807) is 23.6 Å². The zero-order valence-corrected chi connectivity index (χ0v) is 13.1. The fraction of sp³-hybridized carbons (Fsp3) is 0.467. The Labute approximate surface area is 133 Å². The number of benzene rings is 1. The molecule has 0 bridgehead atoms. The summed E-state index contributed by atoms with van der Waals surface area (Å²) in [6.07, 6.45) is 0.538. The Morgan fingerprint density at radius 1 is 1.36 bits per heavy atom. The van der Waals surface area contributed by atoms with Crippen molar-refractivity contribution in [1.29, 1.82) is 0 Å². The molecule has 0 spiro atoms. The SMILES string of the molecule is CCOC(=O)CCN1C(=O)CCSC1c1cc(O)cc(O)c1. The highest BCUT2D eigenvalue weighted by Crippen LogP contribution is 2.39. The maximum Gasteiger partial charge on any atom is 0.307 e. The highest BCUT2D eigenvalue weighted by Gasteiger charge is 2.30. The van der Waals surface area contributed by atoms with Gasteiger partial charge in [0.1, 0.15) is 16.9 Å². The van der Waals surface area contributed by atoms with Crippen LogP contribution in [0.2, 0.25) is 0 Å². The van der Waals surface area contributed by atoms with Gasteiger partial charge in [0.25, 0.3) is 0 Å². The van der Waals surface area contributed by atoms with Gasteiger partial charge in [-0.15, -0.1) is 11.8 Å². The van der Waals surface area contributed by atoms with E-state index < -0.39 is 0 Å². The summed E-state index contributed by atoms with van der Waals surface area (Å²) in [6, 6.07) is 4.28. The van der Waals surface area contributed by atoms with Crippen molar-refractivity contribution in [3.05, 3.63) is 23.8 Å². The molecule has 0 aliphatic carbocycles. The van der Waals surface area contributed by atoms with Crippen LogP contribution in [0.4, 0.5) is 0 Å². The van der Waals surface area contributed by atoms with E-state index in [0.717, 1.165) is 0 Å². The summed E-state index contributed by atoms with van der Waals surface area (Å²) in [5, 5.41) is 18.9. The van der Waals surface area contributed by atoms with Gasteiger partial charge in [0.2, 0.25) is 5.91 Å². The first-order chi connectivity index (χ1) is 10.5. The van der Waals surface area contributed by atoms with Gasteiger partial charge in [-0.2, -0.15) is 0 Å². The highest BCUT2D eigenvalue weighted by atomic mass is 32.2. The number of hydrogen-bond acceptors (Lipinski definition) is 6. The first kappa shape index (κ1) is 16.5. The smallest absolute Gasteiger partial charge is 0.307 e. The lowest BCUT2D eigenvalue weighted by atomic mass is 10.1. The molecule has 1 atom stereocenters. The molecule has 6 nitrogen and oxygen atoms in total. The summed E-state index contributed by atoms with van der Waals surface area (Å²) in [6.45, 7) is 2.30. The van der Waals surface area contributed by atoms with Crippen molar-refractivity contribution >= 4 is 23.6 Å². The quantitative estimate of drug-likeness (QED) is 0.805. The molecule has 1 unspecified atom stereocenters. The van der Waals surface area contributed by atoms with E-state index in [0.29, 0.717) is 24.3 Å². The second kappa shape index (κ2) is 7.40. The Kier molecular flexibility index (Phi) is 5.54. The second-order valence-corrected chi connectivity index (χ2v) is 6.09. The van der Waals surface area contributed by atoms with E-state index >= 15 is 0 Å². The molecule has 1 aromatic carbocycles. The van der Waals surface area contributed by atoms with Crippen LogP contribution in [-0.4, -0.2) is 45.9 Å². The zero-order valence-electron chi connectivity index (χ0n) is 12.3. The van der Waals surface area contributed by atoms with Crippen molar-refractivity contribution in [1.82, 2.24) is 4.90 Å². The summed E-state index contributed by atoms with van der Waals surface area (Å²) in [7, 11) is 0. The number of aromatic hydroxyl groups is 2. The summed E-state index contributed by atoms with van der Waals surface area (Å²) in [4.78, 5) is 25.2. The molecule has 1 aliphatic rings. The molecule has 0 aromatic heterocycles. The molecule has 1 aromatic rings. The predicted octanol–water partition coefficient (Wildman–Crippen LogP) is 2.02. The largest absolute Gasteiger partial charge is 0.508 e. The number of amides is 1. The van der Waals surface area contributed by atoms with Crippen LogP contribution in [-0.2, 0) is 14.3 Å². The van der Waals surface area contributed by atoms with E-state index in [1.165, 1.54) is 18.2 Å². The van der Waals surface area contributed by atoms with Crippen molar-refractivity contribution in [2.24, 2.45) is 0 Å². The lowest BCUT2D eigenvalue weighted by molar-refractivity contribution is -0.144. The number of phenols is 2. The zero-order chi connectivity index (χ0) is 16.1. The summed E-state index contributed by atoms with van der Waals surface area (Å²) in [5.41, 5.74) is 0.638. The summed E-state index contributed by atoms with van der Waals surface area (Å²) < 4.78 is 4.88. The van der Waals surface area contributed by atoms with Crippen LogP contribution < -0.4 is 0 Å². The van der Waals surface area contributed by atoms with Gasteiger partial charge in [-0.1, -0.05) is 0 Å². The van der Waals surface area contributed by atoms with Crippen LogP contribution in [0.3, 0.4) is 0 Å². The maximum absolute atomic E-state index is 12.2. The third-order valence-corrected chi connectivity index (χ3v) is 4.55. The Bertz CT molecular complexity index is 543. The second-order valence-electron chi connectivity index (χ2n) is 4.90. The molecule has 0 saturated carbocycles. The molecule has 2 rings (SSSR count). The highest BCUT2D eigenvalue weighted by molar-refractivity contribution is 7.99. The van der Waals surface area contributed by atoms with E-state index in [2.05, 4.69) is 0 Å². The molecule has 1 saturated heterocycles. The molecule has 7 heteroatoms. The predicted molar refractivity (Wildman–Crippen MR) is 82.6 cm³/mol. The molecule has 1 aliphatic heterocycles. The van der Waals surface area contributed by atoms with E-state index in [1.807, 2.05) is 0 Å². The normalized spacial score (nSPS) is 18.3. The Morgan fingerprint density at radius 3 is 2.68 bits per heavy atom. The van der Waals surface area contributed by atoms with E-state index in [-0.39, 0.29) is 41.7 Å². The van der Waals surface area contributed by atoms with Crippen LogP contribution in [0.1, 0.15) is 30.7 Å². The minimum Gasteiger partial charge on any atom is -0.508 e. The van der Waals surface area contributed by atoms with Gasteiger partial charge >= 0.3 is 5.97 Å². The van der Waals surface area contributed by atoms with Crippen molar-refractivity contribution in [3.8, 4) is 11.5 Å². The molecule has 1 heterocycles. The molecular formula is C15H19NO5S.